The van der Waals surface area contributed by atoms with Crippen molar-refractivity contribution in [3.05, 3.63) is 40.9 Å². The second-order valence-corrected chi connectivity index (χ2v) is 7.41. The number of rotatable bonds is 7. The number of benzene rings is 1. The Hall–Kier alpha value is -1.88. The number of aromatic carboxylic acids is 1. The van der Waals surface area contributed by atoms with Crippen LogP contribution in [0, 0.1) is 0 Å². The monoisotopic (exact) mass is 332 g/mol. The molecule has 1 N–H and O–H groups in total. The average molecular weight is 332 g/mol. The number of hydrogen-bond acceptors (Lipinski definition) is 4. The minimum atomic E-state index is -0.909. The third kappa shape index (κ3) is 4.10. The zero-order valence-corrected chi connectivity index (χ0v) is 15.0. The lowest BCUT2D eigenvalue weighted by molar-refractivity contribution is 0.0697. The van der Waals surface area contributed by atoms with Crippen LogP contribution < -0.4 is 4.90 Å². The third-order valence-corrected chi connectivity index (χ3v) is 5.54. The van der Waals surface area contributed by atoms with Crippen molar-refractivity contribution >= 4 is 28.1 Å². The van der Waals surface area contributed by atoms with E-state index in [2.05, 4.69) is 25.8 Å². The molecule has 0 bridgehead atoms. The van der Waals surface area contributed by atoms with Crippen LogP contribution in [0.5, 0.6) is 0 Å². The summed E-state index contributed by atoms with van der Waals surface area (Å²) < 4.78 is 0. The van der Waals surface area contributed by atoms with Gasteiger partial charge in [0.05, 0.1) is 5.56 Å². The fourth-order valence-corrected chi connectivity index (χ4v) is 3.44. The quantitative estimate of drug-likeness (QED) is 0.768. The van der Waals surface area contributed by atoms with Crippen molar-refractivity contribution in [1.29, 1.82) is 0 Å². The molecule has 0 amide bonds. The van der Waals surface area contributed by atoms with Crippen molar-refractivity contribution in [3.8, 4) is 0 Å². The van der Waals surface area contributed by atoms with Crippen molar-refractivity contribution in [3.63, 3.8) is 0 Å². The topological polar surface area (TPSA) is 53.4 Å². The zero-order chi connectivity index (χ0) is 17.0. The summed E-state index contributed by atoms with van der Waals surface area (Å²) in [7, 11) is 1.96. The van der Waals surface area contributed by atoms with E-state index in [1.807, 2.05) is 30.3 Å². The van der Waals surface area contributed by atoms with E-state index in [4.69, 9.17) is 5.11 Å². The number of carboxylic acids is 1. The van der Waals surface area contributed by atoms with Gasteiger partial charge >= 0.3 is 5.97 Å². The van der Waals surface area contributed by atoms with E-state index < -0.39 is 5.97 Å². The van der Waals surface area contributed by atoms with Crippen molar-refractivity contribution in [2.24, 2.45) is 0 Å². The fourth-order valence-electron chi connectivity index (χ4n) is 2.41. The van der Waals surface area contributed by atoms with Gasteiger partial charge in [0, 0.05) is 29.2 Å². The highest BCUT2D eigenvalue weighted by molar-refractivity contribution is 7.15. The smallest absolute Gasteiger partial charge is 0.335 e. The second-order valence-electron chi connectivity index (χ2n) is 6.41. The fraction of sp³-hybridized carbons (Fsp3) is 0.444. The molecule has 0 aliphatic rings. The molecule has 2 aromatic rings. The SMILES string of the molecule is CCCCC(C)(C)c1cnc(N(C)c2ccc(C(=O)O)cc2)s1. The number of anilines is 2. The van der Waals surface area contributed by atoms with Crippen LogP contribution in [0.25, 0.3) is 0 Å². The van der Waals surface area contributed by atoms with E-state index in [1.54, 1.807) is 23.5 Å². The van der Waals surface area contributed by atoms with E-state index in [0.29, 0.717) is 5.56 Å². The van der Waals surface area contributed by atoms with E-state index in [9.17, 15) is 4.79 Å². The lowest BCUT2D eigenvalue weighted by Crippen LogP contribution is -2.15. The molecule has 0 saturated heterocycles. The van der Waals surface area contributed by atoms with Crippen LogP contribution in [0.2, 0.25) is 0 Å². The molecule has 23 heavy (non-hydrogen) atoms. The minimum Gasteiger partial charge on any atom is -0.478 e. The van der Waals surface area contributed by atoms with Crippen LogP contribution in [-0.2, 0) is 5.41 Å². The van der Waals surface area contributed by atoms with Gasteiger partial charge in [-0.2, -0.15) is 0 Å². The van der Waals surface area contributed by atoms with Gasteiger partial charge in [-0.1, -0.05) is 33.6 Å². The van der Waals surface area contributed by atoms with Gasteiger partial charge < -0.3 is 10.0 Å². The maximum absolute atomic E-state index is 10.9. The Morgan fingerprint density at radius 1 is 1.30 bits per heavy atom. The molecule has 1 aromatic heterocycles. The van der Waals surface area contributed by atoms with Gasteiger partial charge in [-0.3, -0.25) is 0 Å². The molecule has 1 heterocycles. The number of carboxylic acid groups (broad SMARTS) is 1. The Bertz CT molecular complexity index is 662. The first-order valence-corrected chi connectivity index (χ1v) is 8.70. The molecule has 0 fully saturated rings. The molecule has 124 valence electrons. The van der Waals surface area contributed by atoms with Crippen molar-refractivity contribution in [2.45, 2.75) is 45.4 Å². The van der Waals surface area contributed by atoms with Crippen molar-refractivity contribution < 1.29 is 9.90 Å². The lowest BCUT2D eigenvalue weighted by Gasteiger charge is -2.22. The van der Waals surface area contributed by atoms with Crippen LogP contribution in [0.1, 0.15) is 55.3 Å². The molecule has 0 atom stereocenters. The average Bonchev–Trinajstić information content (AvgIpc) is 3.03. The summed E-state index contributed by atoms with van der Waals surface area (Å²) in [6.07, 6.45) is 5.54. The summed E-state index contributed by atoms with van der Waals surface area (Å²) in [4.78, 5) is 18.8. The molecule has 4 nitrogen and oxygen atoms in total. The van der Waals surface area contributed by atoms with Gasteiger partial charge in [0.25, 0.3) is 0 Å². The number of thiazole rings is 1. The number of aromatic nitrogens is 1. The van der Waals surface area contributed by atoms with E-state index in [1.165, 1.54) is 17.7 Å². The minimum absolute atomic E-state index is 0.139. The Kier molecular flexibility index (Phi) is 5.42. The first-order chi connectivity index (χ1) is 10.8. The first-order valence-electron chi connectivity index (χ1n) is 7.88. The molecule has 1 aromatic carbocycles. The molecule has 0 aliphatic carbocycles. The van der Waals surface area contributed by atoms with Gasteiger partial charge in [0.15, 0.2) is 5.13 Å². The largest absolute Gasteiger partial charge is 0.478 e. The van der Waals surface area contributed by atoms with Crippen LogP contribution in [0.15, 0.2) is 30.5 Å². The molecule has 0 unspecified atom stereocenters. The Labute approximate surface area is 141 Å². The zero-order valence-electron chi connectivity index (χ0n) is 14.2. The van der Waals surface area contributed by atoms with Crippen LogP contribution in [-0.4, -0.2) is 23.1 Å². The molecule has 5 heteroatoms. The predicted molar refractivity (Wildman–Crippen MR) is 96.1 cm³/mol. The Morgan fingerprint density at radius 3 is 2.52 bits per heavy atom. The van der Waals surface area contributed by atoms with Crippen molar-refractivity contribution in [1.82, 2.24) is 4.98 Å². The molecular weight excluding hydrogens is 308 g/mol. The third-order valence-electron chi connectivity index (χ3n) is 4.10. The molecule has 0 radical (unpaired) electrons. The Morgan fingerprint density at radius 2 is 1.96 bits per heavy atom. The summed E-state index contributed by atoms with van der Waals surface area (Å²) >= 11 is 1.70. The van der Waals surface area contributed by atoms with E-state index in [-0.39, 0.29) is 5.41 Å². The van der Waals surface area contributed by atoms with Crippen LogP contribution in [0.4, 0.5) is 10.8 Å². The molecule has 2 rings (SSSR count). The molecule has 0 spiro atoms. The van der Waals surface area contributed by atoms with Gasteiger partial charge in [-0.15, -0.1) is 11.3 Å². The maximum atomic E-state index is 10.9. The van der Waals surface area contributed by atoms with Gasteiger partial charge in [0.2, 0.25) is 0 Å². The molecule has 0 aliphatic heterocycles. The van der Waals surface area contributed by atoms with Crippen LogP contribution >= 0.6 is 11.3 Å². The number of unbranched alkanes of at least 4 members (excludes halogenated alkanes) is 1. The lowest BCUT2D eigenvalue weighted by atomic mass is 9.86. The highest BCUT2D eigenvalue weighted by Gasteiger charge is 2.23. The van der Waals surface area contributed by atoms with Gasteiger partial charge in [0.1, 0.15) is 0 Å². The summed E-state index contributed by atoms with van der Waals surface area (Å²) in [5.74, 6) is -0.909. The maximum Gasteiger partial charge on any atom is 0.335 e. The van der Waals surface area contributed by atoms with E-state index in [0.717, 1.165) is 17.2 Å². The number of hydrogen-bond donors (Lipinski definition) is 1. The molecule has 0 saturated carbocycles. The predicted octanol–water partition coefficient (Wildman–Crippen LogP) is 5.08. The summed E-state index contributed by atoms with van der Waals surface area (Å²) in [6.45, 7) is 6.74. The summed E-state index contributed by atoms with van der Waals surface area (Å²) in [6, 6.07) is 6.86. The summed E-state index contributed by atoms with van der Waals surface area (Å²) in [5.41, 5.74) is 1.37. The second kappa shape index (κ2) is 7.13. The Balaban J connectivity index is 2.17. The first kappa shape index (κ1) is 17.5. The number of nitrogens with zero attached hydrogens (tertiary/aromatic N) is 2. The highest BCUT2D eigenvalue weighted by Crippen LogP contribution is 2.37. The molecular formula is C18H24N2O2S. The van der Waals surface area contributed by atoms with Crippen LogP contribution in [0.3, 0.4) is 0 Å². The van der Waals surface area contributed by atoms with Gasteiger partial charge in [-0.05, 0) is 30.7 Å². The standard InChI is InChI=1S/C18H24N2O2S/c1-5-6-11-18(2,3)15-12-19-17(23-15)20(4)14-9-7-13(8-10-14)16(21)22/h7-10,12H,5-6,11H2,1-4H3,(H,21,22). The summed E-state index contributed by atoms with van der Waals surface area (Å²) in [5, 5.41) is 9.89. The number of carbonyl (C=O) groups is 1. The van der Waals surface area contributed by atoms with Gasteiger partial charge in [-0.25, -0.2) is 9.78 Å². The van der Waals surface area contributed by atoms with E-state index >= 15 is 0 Å². The normalized spacial score (nSPS) is 11.5. The highest BCUT2D eigenvalue weighted by atomic mass is 32.1. The van der Waals surface area contributed by atoms with Crippen molar-refractivity contribution in [2.75, 3.05) is 11.9 Å².